The van der Waals surface area contributed by atoms with Crippen LogP contribution in [0.25, 0.3) is 0 Å². The summed E-state index contributed by atoms with van der Waals surface area (Å²) in [6.45, 7) is 3.66. The van der Waals surface area contributed by atoms with Gasteiger partial charge in [0.1, 0.15) is 5.82 Å². The van der Waals surface area contributed by atoms with Crippen molar-refractivity contribution < 1.29 is 14.7 Å². The van der Waals surface area contributed by atoms with Gasteiger partial charge in [-0.25, -0.2) is 9.97 Å². The lowest BCUT2D eigenvalue weighted by Crippen LogP contribution is -2.64. The molecule has 2 saturated heterocycles. The highest BCUT2D eigenvalue weighted by Crippen LogP contribution is 2.43. The zero-order valence-electron chi connectivity index (χ0n) is 17.3. The summed E-state index contributed by atoms with van der Waals surface area (Å²) in [7, 11) is 0. The average Bonchev–Trinajstić information content (AvgIpc) is 3.25. The summed E-state index contributed by atoms with van der Waals surface area (Å²) in [5.41, 5.74) is 0.191. The van der Waals surface area contributed by atoms with E-state index in [1.54, 1.807) is 19.3 Å². The van der Waals surface area contributed by atoms with Crippen molar-refractivity contribution in [2.45, 2.75) is 64.3 Å². The third kappa shape index (κ3) is 4.02. The van der Waals surface area contributed by atoms with Crippen LogP contribution < -0.4 is 0 Å². The van der Waals surface area contributed by atoms with Gasteiger partial charge in [-0.2, -0.15) is 0 Å². The smallest absolute Gasteiger partial charge is 0.257 e. The summed E-state index contributed by atoms with van der Waals surface area (Å²) in [5, 5.41) is 10.3. The third-order valence-corrected chi connectivity index (χ3v) is 7.32. The molecule has 0 bridgehead atoms. The molecule has 4 rings (SSSR count). The van der Waals surface area contributed by atoms with E-state index in [-0.39, 0.29) is 29.9 Å². The molecule has 2 amide bonds. The minimum absolute atomic E-state index is 0.0700. The van der Waals surface area contributed by atoms with Crippen LogP contribution in [0.15, 0.2) is 12.4 Å². The second kappa shape index (κ2) is 8.38. The first-order valence-corrected chi connectivity index (χ1v) is 11.0. The molecule has 1 aliphatic carbocycles. The SMILES string of the molecule is Cc1ncc(C(=O)N2CC[C@]3(CO)CCCN(C(=O)CC4CCCC4)[C@H]3C2)cn1. The number of likely N-dealkylation sites (tertiary alicyclic amines) is 2. The molecule has 158 valence electrons. The predicted molar refractivity (Wildman–Crippen MR) is 108 cm³/mol. The van der Waals surface area contributed by atoms with Crippen molar-refractivity contribution in [1.29, 1.82) is 0 Å². The Morgan fingerprint density at radius 1 is 1.14 bits per heavy atom. The zero-order valence-corrected chi connectivity index (χ0v) is 17.3. The Morgan fingerprint density at radius 2 is 1.86 bits per heavy atom. The quantitative estimate of drug-likeness (QED) is 0.837. The Bertz CT molecular complexity index is 747. The number of carbonyl (C=O) groups excluding carboxylic acids is 2. The van der Waals surface area contributed by atoms with Crippen molar-refractivity contribution in [3.8, 4) is 0 Å². The number of hydrogen-bond acceptors (Lipinski definition) is 5. The Kier molecular flexibility index (Phi) is 5.86. The van der Waals surface area contributed by atoms with Crippen LogP contribution in [0.5, 0.6) is 0 Å². The largest absolute Gasteiger partial charge is 0.396 e. The highest BCUT2D eigenvalue weighted by molar-refractivity contribution is 5.93. The molecule has 7 nitrogen and oxygen atoms in total. The molecule has 1 aromatic rings. The van der Waals surface area contributed by atoms with E-state index < -0.39 is 0 Å². The fraction of sp³-hybridized carbons (Fsp3) is 0.727. The van der Waals surface area contributed by atoms with Crippen LogP contribution in [0.3, 0.4) is 0 Å². The minimum atomic E-state index is -0.288. The molecule has 3 fully saturated rings. The topological polar surface area (TPSA) is 86.6 Å². The minimum Gasteiger partial charge on any atom is -0.396 e. The first kappa shape index (κ1) is 20.3. The molecule has 1 saturated carbocycles. The number of nitrogens with zero attached hydrogens (tertiary/aromatic N) is 4. The average molecular weight is 401 g/mol. The highest BCUT2D eigenvalue weighted by Gasteiger charge is 2.49. The van der Waals surface area contributed by atoms with E-state index in [0.29, 0.717) is 36.8 Å². The van der Waals surface area contributed by atoms with Crippen LogP contribution in [0, 0.1) is 18.3 Å². The molecule has 1 N–H and O–H groups in total. The lowest BCUT2D eigenvalue weighted by Gasteiger charge is -2.54. The van der Waals surface area contributed by atoms with Gasteiger partial charge in [-0.1, -0.05) is 12.8 Å². The van der Waals surface area contributed by atoms with Gasteiger partial charge in [0.25, 0.3) is 5.91 Å². The fourth-order valence-electron chi connectivity index (χ4n) is 5.51. The van der Waals surface area contributed by atoms with E-state index in [0.717, 1.165) is 38.6 Å². The Hall–Kier alpha value is -2.02. The fourth-order valence-corrected chi connectivity index (χ4v) is 5.51. The Morgan fingerprint density at radius 3 is 2.55 bits per heavy atom. The first-order chi connectivity index (χ1) is 14.0. The number of carbonyl (C=O) groups is 2. The zero-order chi connectivity index (χ0) is 20.4. The van der Waals surface area contributed by atoms with Crippen LogP contribution in [0.1, 0.15) is 67.5 Å². The Labute approximate surface area is 172 Å². The van der Waals surface area contributed by atoms with Gasteiger partial charge >= 0.3 is 0 Å². The number of amides is 2. The number of aryl methyl sites for hydroxylation is 1. The van der Waals surface area contributed by atoms with Gasteiger partial charge < -0.3 is 14.9 Å². The van der Waals surface area contributed by atoms with Gasteiger partial charge in [0.15, 0.2) is 0 Å². The monoisotopic (exact) mass is 400 g/mol. The maximum atomic E-state index is 13.2. The van der Waals surface area contributed by atoms with Crippen LogP contribution >= 0.6 is 0 Å². The first-order valence-electron chi connectivity index (χ1n) is 11.0. The number of aliphatic hydroxyl groups is 1. The molecule has 0 aromatic carbocycles. The van der Waals surface area contributed by atoms with Gasteiger partial charge in [0.05, 0.1) is 18.2 Å². The number of piperidine rings is 2. The van der Waals surface area contributed by atoms with Crippen LogP contribution in [0.4, 0.5) is 0 Å². The van der Waals surface area contributed by atoms with Gasteiger partial charge in [-0.3, -0.25) is 9.59 Å². The van der Waals surface area contributed by atoms with Crippen molar-refractivity contribution in [3.63, 3.8) is 0 Å². The number of aromatic nitrogens is 2. The summed E-state index contributed by atoms with van der Waals surface area (Å²) < 4.78 is 0. The molecule has 2 atom stereocenters. The molecule has 0 spiro atoms. The maximum absolute atomic E-state index is 13.2. The van der Waals surface area contributed by atoms with Crippen molar-refractivity contribution in [2.75, 3.05) is 26.2 Å². The van der Waals surface area contributed by atoms with Crippen molar-refractivity contribution in [3.05, 3.63) is 23.8 Å². The lowest BCUT2D eigenvalue weighted by atomic mass is 9.68. The molecule has 29 heavy (non-hydrogen) atoms. The lowest BCUT2D eigenvalue weighted by molar-refractivity contribution is -0.146. The predicted octanol–water partition coefficient (Wildman–Crippen LogP) is 2.18. The molecule has 2 aliphatic heterocycles. The highest BCUT2D eigenvalue weighted by atomic mass is 16.3. The van der Waals surface area contributed by atoms with E-state index in [4.69, 9.17) is 0 Å². The van der Waals surface area contributed by atoms with Crippen molar-refractivity contribution in [2.24, 2.45) is 11.3 Å². The van der Waals surface area contributed by atoms with E-state index in [1.807, 2.05) is 9.80 Å². The molecule has 0 unspecified atom stereocenters. The second-order valence-electron chi connectivity index (χ2n) is 9.10. The van der Waals surface area contributed by atoms with Crippen LogP contribution in [0.2, 0.25) is 0 Å². The van der Waals surface area contributed by atoms with Crippen molar-refractivity contribution >= 4 is 11.8 Å². The Balaban J connectivity index is 1.52. The summed E-state index contributed by atoms with van der Waals surface area (Å²) in [4.78, 5) is 38.3. The molecule has 3 heterocycles. The van der Waals surface area contributed by atoms with Crippen molar-refractivity contribution in [1.82, 2.24) is 19.8 Å². The standard InChI is InChI=1S/C22H32N4O3/c1-16-23-12-18(13-24-16)21(29)25-10-8-22(15-27)7-4-9-26(19(22)14-25)20(28)11-17-5-2-3-6-17/h12-13,17,19,27H,2-11,14-15H2,1H3/t19-,22-/m0/s1. The summed E-state index contributed by atoms with van der Waals surface area (Å²) in [6.07, 6.45) is 11.1. The molecular weight excluding hydrogens is 368 g/mol. The van der Waals surface area contributed by atoms with E-state index in [9.17, 15) is 14.7 Å². The van der Waals surface area contributed by atoms with Crippen LogP contribution in [-0.2, 0) is 4.79 Å². The normalized spacial score (nSPS) is 27.7. The van der Waals surface area contributed by atoms with Gasteiger partial charge in [0, 0.05) is 43.9 Å². The molecular formula is C22H32N4O3. The van der Waals surface area contributed by atoms with E-state index in [2.05, 4.69) is 9.97 Å². The maximum Gasteiger partial charge on any atom is 0.257 e. The van der Waals surface area contributed by atoms with Gasteiger partial charge in [-0.15, -0.1) is 0 Å². The second-order valence-corrected chi connectivity index (χ2v) is 9.10. The number of hydrogen-bond donors (Lipinski definition) is 1. The number of fused-ring (bicyclic) bond motifs is 1. The van der Waals surface area contributed by atoms with E-state index in [1.165, 1.54) is 12.8 Å². The molecule has 0 radical (unpaired) electrons. The summed E-state index contributed by atoms with van der Waals surface area (Å²) in [5.74, 6) is 1.24. The summed E-state index contributed by atoms with van der Waals surface area (Å²) >= 11 is 0. The van der Waals surface area contributed by atoms with E-state index >= 15 is 0 Å². The molecule has 1 aromatic heterocycles. The molecule has 3 aliphatic rings. The number of rotatable bonds is 4. The van der Waals surface area contributed by atoms with Gasteiger partial charge in [0.2, 0.25) is 5.91 Å². The third-order valence-electron chi connectivity index (χ3n) is 7.32. The van der Waals surface area contributed by atoms with Gasteiger partial charge in [-0.05, 0) is 44.9 Å². The summed E-state index contributed by atoms with van der Waals surface area (Å²) in [6, 6.07) is -0.112. The molecule has 7 heteroatoms. The number of aliphatic hydroxyl groups excluding tert-OH is 1. The van der Waals surface area contributed by atoms with Crippen LogP contribution in [-0.4, -0.2) is 69.0 Å².